The van der Waals surface area contributed by atoms with Crippen LogP contribution in [0, 0.1) is 13.8 Å². The number of hydrogen-bond acceptors (Lipinski definition) is 5. The highest BCUT2D eigenvalue weighted by atomic mass is 32.1. The molecule has 1 unspecified atom stereocenters. The quantitative estimate of drug-likeness (QED) is 0.403. The van der Waals surface area contributed by atoms with E-state index in [1.165, 1.54) is 0 Å². The molecule has 0 fully saturated rings. The third kappa shape index (κ3) is 4.84. The molecule has 0 aliphatic rings. The van der Waals surface area contributed by atoms with E-state index in [1.807, 2.05) is 73.3 Å². The van der Waals surface area contributed by atoms with Crippen LogP contribution in [0.15, 0.2) is 65.5 Å². The Labute approximate surface area is 198 Å². The van der Waals surface area contributed by atoms with Crippen molar-refractivity contribution in [3.63, 3.8) is 0 Å². The molecule has 170 valence electrons. The molecule has 0 spiro atoms. The molecular weight excluding hydrogens is 432 g/mol. The molecule has 0 aliphatic carbocycles. The minimum absolute atomic E-state index is 0.0973. The number of amides is 1. The summed E-state index contributed by atoms with van der Waals surface area (Å²) < 4.78 is 7.63. The van der Waals surface area contributed by atoms with Crippen molar-refractivity contribution < 1.29 is 9.53 Å². The fourth-order valence-electron chi connectivity index (χ4n) is 4.10. The average molecular weight is 461 g/mol. The number of aromatic nitrogens is 2. The Balaban J connectivity index is 1.64. The number of nitrogens with zero attached hydrogens (tertiary/aromatic N) is 2. The summed E-state index contributed by atoms with van der Waals surface area (Å²) in [6.07, 6.45) is 0. The predicted molar refractivity (Wildman–Crippen MR) is 132 cm³/mol. The molecule has 4 rings (SSSR count). The van der Waals surface area contributed by atoms with Gasteiger partial charge in [0.05, 0.1) is 23.9 Å². The van der Waals surface area contributed by atoms with Gasteiger partial charge in [-0.3, -0.25) is 4.79 Å². The number of hydrogen-bond donors (Lipinski definition) is 2. The van der Waals surface area contributed by atoms with Gasteiger partial charge in [-0.05, 0) is 48.7 Å². The van der Waals surface area contributed by atoms with Crippen molar-refractivity contribution in [3.05, 3.63) is 105 Å². The lowest BCUT2D eigenvalue weighted by Crippen LogP contribution is -2.24. The zero-order valence-corrected chi connectivity index (χ0v) is 19.9. The summed E-state index contributed by atoms with van der Waals surface area (Å²) in [5, 5.41) is 5.10. The number of benzene rings is 2. The summed E-state index contributed by atoms with van der Waals surface area (Å²) in [6, 6.07) is 17.7. The molecule has 0 radical (unpaired) electrons. The van der Waals surface area contributed by atoms with Crippen molar-refractivity contribution in [1.82, 2.24) is 14.9 Å². The van der Waals surface area contributed by atoms with Gasteiger partial charge < -0.3 is 20.4 Å². The molecular formula is C26H28N4O2S. The first-order chi connectivity index (χ1) is 16.0. The molecule has 0 saturated heterocycles. The average Bonchev–Trinajstić information content (AvgIpc) is 3.47. The summed E-state index contributed by atoms with van der Waals surface area (Å²) in [7, 11) is 1.66. The van der Waals surface area contributed by atoms with Crippen LogP contribution in [-0.2, 0) is 13.1 Å². The number of nitrogens with two attached hydrogens (primary N) is 1. The van der Waals surface area contributed by atoms with E-state index in [1.54, 1.807) is 18.4 Å². The second kappa shape index (κ2) is 10.0. The number of carbonyl (C=O) groups excluding carboxylic acids is 1. The van der Waals surface area contributed by atoms with Gasteiger partial charge in [-0.2, -0.15) is 0 Å². The number of carbonyl (C=O) groups is 1. The number of aryl methyl sites for hydroxylation is 1. The Morgan fingerprint density at radius 1 is 1.15 bits per heavy atom. The van der Waals surface area contributed by atoms with Crippen LogP contribution in [0.25, 0.3) is 0 Å². The summed E-state index contributed by atoms with van der Waals surface area (Å²) >= 11 is 1.56. The van der Waals surface area contributed by atoms with Crippen LogP contribution < -0.4 is 15.8 Å². The Bertz CT molecular complexity index is 1230. The molecule has 33 heavy (non-hydrogen) atoms. The molecule has 1 atom stereocenters. The first kappa shape index (κ1) is 22.8. The van der Waals surface area contributed by atoms with Crippen molar-refractivity contribution in [3.8, 4) is 5.75 Å². The fourth-order valence-corrected chi connectivity index (χ4v) is 4.67. The van der Waals surface area contributed by atoms with Crippen molar-refractivity contribution in [2.75, 3.05) is 7.11 Å². The van der Waals surface area contributed by atoms with Gasteiger partial charge in [0.2, 0.25) is 0 Å². The van der Waals surface area contributed by atoms with Gasteiger partial charge in [0, 0.05) is 29.9 Å². The number of ether oxygens (including phenoxy) is 1. The third-order valence-corrected chi connectivity index (χ3v) is 6.44. The van der Waals surface area contributed by atoms with Crippen LogP contribution in [0.2, 0.25) is 0 Å². The molecule has 0 bridgehead atoms. The summed E-state index contributed by atoms with van der Waals surface area (Å²) in [4.78, 5) is 17.7. The van der Waals surface area contributed by atoms with E-state index in [2.05, 4.69) is 20.9 Å². The fraction of sp³-hybridized carbons (Fsp3) is 0.231. The van der Waals surface area contributed by atoms with E-state index in [0.717, 1.165) is 39.5 Å². The van der Waals surface area contributed by atoms with E-state index in [4.69, 9.17) is 10.5 Å². The Hall–Kier alpha value is -3.42. The topological polar surface area (TPSA) is 82.2 Å². The van der Waals surface area contributed by atoms with Gasteiger partial charge in [0.1, 0.15) is 11.8 Å². The largest absolute Gasteiger partial charge is 0.497 e. The van der Waals surface area contributed by atoms with E-state index >= 15 is 0 Å². The lowest BCUT2D eigenvalue weighted by Gasteiger charge is -2.22. The van der Waals surface area contributed by atoms with Crippen LogP contribution in [0.3, 0.4) is 0 Å². The molecule has 2 heterocycles. The normalized spacial score (nSPS) is 11.9. The highest BCUT2D eigenvalue weighted by Gasteiger charge is 2.25. The molecule has 3 N–H and O–H groups in total. The minimum atomic E-state index is -0.156. The first-order valence-electron chi connectivity index (χ1n) is 10.8. The number of rotatable bonds is 8. The van der Waals surface area contributed by atoms with Gasteiger partial charge in [0.25, 0.3) is 5.91 Å². The molecule has 7 heteroatoms. The van der Waals surface area contributed by atoms with Gasteiger partial charge in [-0.25, -0.2) is 4.98 Å². The molecule has 2 aromatic carbocycles. The lowest BCUT2D eigenvalue weighted by molar-refractivity contribution is 0.0950. The van der Waals surface area contributed by atoms with E-state index in [9.17, 15) is 4.79 Å². The second-order valence-corrected chi connectivity index (χ2v) is 8.67. The molecule has 2 aromatic heterocycles. The number of thiazole rings is 1. The third-order valence-electron chi connectivity index (χ3n) is 5.84. The molecule has 6 nitrogen and oxygen atoms in total. The van der Waals surface area contributed by atoms with Gasteiger partial charge in [-0.15, -0.1) is 11.3 Å². The van der Waals surface area contributed by atoms with Crippen molar-refractivity contribution >= 4 is 17.2 Å². The summed E-state index contributed by atoms with van der Waals surface area (Å²) in [5.74, 6) is 0.689. The summed E-state index contributed by atoms with van der Waals surface area (Å²) in [6.45, 7) is 4.97. The number of nitrogens with one attached hydrogen (secondary N) is 1. The standard InChI is InChI=1S/C26H28N4O2S/c1-17-11-23(26(31)28-14-20-9-7-19(13-27)8-10-20)18(2)30(17)25(24-15-33-16-29-24)21-5-4-6-22(12-21)32-3/h4-12,15-16,25H,13-14,27H2,1-3H3,(H,28,31). The maximum atomic E-state index is 13.1. The smallest absolute Gasteiger partial charge is 0.253 e. The van der Waals surface area contributed by atoms with Gasteiger partial charge in [-0.1, -0.05) is 36.4 Å². The maximum absolute atomic E-state index is 13.1. The SMILES string of the molecule is COc1cccc(C(c2cscn2)n2c(C)cc(C(=O)NCc3ccc(CN)cc3)c2C)c1. The van der Waals surface area contributed by atoms with Crippen LogP contribution >= 0.6 is 11.3 Å². The first-order valence-corrected chi connectivity index (χ1v) is 11.7. The molecule has 1 amide bonds. The molecule has 0 aliphatic heterocycles. The summed E-state index contributed by atoms with van der Waals surface area (Å²) in [5.41, 5.74) is 14.1. The molecule has 4 aromatic rings. The van der Waals surface area contributed by atoms with Crippen LogP contribution in [0.1, 0.15) is 50.2 Å². The predicted octanol–water partition coefficient (Wildman–Crippen LogP) is 4.60. The highest BCUT2D eigenvalue weighted by molar-refractivity contribution is 7.07. The minimum Gasteiger partial charge on any atom is -0.497 e. The zero-order valence-electron chi connectivity index (χ0n) is 19.0. The van der Waals surface area contributed by atoms with Crippen molar-refractivity contribution in [1.29, 1.82) is 0 Å². The molecule has 0 saturated carbocycles. The Morgan fingerprint density at radius 2 is 1.91 bits per heavy atom. The Morgan fingerprint density at radius 3 is 2.58 bits per heavy atom. The van der Waals surface area contributed by atoms with Gasteiger partial charge >= 0.3 is 0 Å². The zero-order chi connectivity index (χ0) is 23.4. The highest BCUT2D eigenvalue weighted by Crippen LogP contribution is 2.33. The number of methoxy groups -OCH3 is 1. The maximum Gasteiger partial charge on any atom is 0.253 e. The van der Waals surface area contributed by atoms with E-state index in [0.29, 0.717) is 18.7 Å². The van der Waals surface area contributed by atoms with Crippen LogP contribution in [0.4, 0.5) is 0 Å². The van der Waals surface area contributed by atoms with Crippen LogP contribution in [0.5, 0.6) is 5.75 Å². The van der Waals surface area contributed by atoms with Crippen LogP contribution in [-0.4, -0.2) is 22.6 Å². The van der Waals surface area contributed by atoms with Gasteiger partial charge in [0.15, 0.2) is 0 Å². The Kier molecular flexibility index (Phi) is 6.91. The van der Waals surface area contributed by atoms with E-state index in [-0.39, 0.29) is 11.9 Å². The lowest BCUT2D eigenvalue weighted by atomic mass is 10.0. The second-order valence-electron chi connectivity index (χ2n) is 7.95. The monoisotopic (exact) mass is 460 g/mol. The van der Waals surface area contributed by atoms with Crippen molar-refractivity contribution in [2.24, 2.45) is 5.73 Å². The van der Waals surface area contributed by atoms with Crippen molar-refractivity contribution in [2.45, 2.75) is 33.0 Å². The van der Waals surface area contributed by atoms with E-state index < -0.39 is 0 Å².